The van der Waals surface area contributed by atoms with E-state index in [1.807, 2.05) is 4.90 Å². The van der Waals surface area contributed by atoms with Crippen LogP contribution in [-0.4, -0.2) is 71.8 Å². The summed E-state index contributed by atoms with van der Waals surface area (Å²) in [6.45, 7) is 6.79. The number of nitrogens with one attached hydrogen (secondary N) is 1. The van der Waals surface area contributed by atoms with E-state index in [0.29, 0.717) is 19.8 Å². The summed E-state index contributed by atoms with van der Waals surface area (Å²) in [6, 6.07) is 14.9. The first-order chi connectivity index (χ1) is 19.4. The van der Waals surface area contributed by atoms with Crippen LogP contribution in [0.3, 0.4) is 0 Å². The molecular formula is C33H47FN4O2. The van der Waals surface area contributed by atoms with Gasteiger partial charge >= 0.3 is 0 Å². The predicted molar refractivity (Wildman–Crippen MR) is 159 cm³/mol. The summed E-state index contributed by atoms with van der Waals surface area (Å²) in [4.78, 5) is 20.6. The number of likely N-dealkylation sites (tertiary alicyclic amines) is 1. The van der Waals surface area contributed by atoms with Gasteiger partial charge in [0.05, 0.1) is 12.8 Å². The summed E-state index contributed by atoms with van der Waals surface area (Å²) in [5.74, 6) is 0.588. The zero-order valence-corrected chi connectivity index (χ0v) is 24.2. The van der Waals surface area contributed by atoms with Gasteiger partial charge in [0.2, 0.25) is 5.91 Å². The van der Waals surface area contributed by atoms with E-state index in [-0.39, 0.29) is 18.3 Å². The fraction of sp³-hybridized carbons (Fsp3) is 0.606. The molecular weight excluding hydrogens is 503 g/mol. The maximum absolute atomic E-state index is 14.0. The Labute approximate surface area is 239 Å². The fourth-order valence-electron chi connectivity index (χ4n) is 6.96. The Morgan fingerprint density at radius 2 is 1.62 bits per heavy atom. The molecule has 0 radical (unpaired) electrons. The Hall–Kier alpha value is -2.48. The number of carbonyl (C=O) groups is 1. The average molecular weight is 551 g/mol. The number of anilines is 1. The molecule has 2 aromatic rings. The first-order valence-electron chi connectivity index (χ1n) is 15.4. The van der Waals surface area contributed by atoms with Crippen molar-refractivity contribution in [3.63, 3.8) is 0 Å². The quantitative estimate of drug-likeness (QED) is 0.456. The number of rotatable bonds is 9. The van der Waals surface area contributed by atoms with Gasteiger partial charge in [-0.15, -0.1) is 0 Å². The van der Waals surface area contributed by atoms with Gasteiger partial charge in [-0.3, -0.25) is 4.79 Å². The summed E-state index contributed by atoms with van der Waals surface area (Å²) in [6.07, 6.45) is 10.3. The van der Waals surface area contributed by atoms with Gasteiger partial charge in [0.25, 0.3) is 0 Å². The molecule has 1 atom stereocenters. The summed E-state index contributed by atoms with van der Waals surface area (Å²) >= 11 is 0. The highest BCUT2D eigenvalue weighted by Crippen LogP contribution is 2.40. The molecule has 2 aromatic carbocycles. The van der Waals surface area contributed by atoms with Gasteiger partial charge in [0.1, 0.15) is 11.4 Å². The van der Waals surface area contributed by atoms with E-state index in [4.69, 9.17) is 0 Å². The highest BCUT2D eigenvalue weighted by atomic mass is 19.1. The molecule has 40 heavy (non-hydrogen) atoms. The van der Waals surface area contributed by atoms with E-state index < -0.39 is 11.6 Å². The van der Waals surface area contributed by atoms with Crippen LogP contribution in [0.1, 0.15) is 68.9 Å². The van der Waals surface area contributed by atoms with Gasteiger partial charge in [-0.25, -0.2) is 4.39 Å². The molecule has 1 saturated carbocycles. The van der Waals surface area contributed by atoms with E-state index in [1.165, 1.54) is 68.2 Å². The minimum Gasteiger partial charge on any atom is -0.390 e. The van der Waals surface area contributed by atoms with Crippen LogP contribution in [-0.2, 0) is 11.3 Å². The molecule has 2 aliphatic heterocycles. The number of aliphatic hydroxyl groups is 1. The first kappa shape index (κ1) is 29.0. The number of hydrogen-bond donors (Lipinski definition) is 2. The van der Waals surface area contributed by atoms with Crippen molar-refractivity contribution in [1.29, 1.82) is 0 Å². The lowest BCUT2D eigenvalue weighted by molar-refractivity contribution is -0.134. The Morgan fingerprint density at radius 3 is 2.30 bits per heavy atom. The maximum atomic E-state index is 14.0. The third-order valence-corrected chi connectivity index (χ3v) is 9.34. The molecule has 3 fully saturated rings. The van der Waals surface area contributed by atoms with Crippen LogP contribution in [0.5, 0.6) is 0 Å². The van der Waals surface area contributed by atoms with Crippen LogP contribution in [0.25, 0.3) is 0 Å². The summed E-state index contributed by atoms with van der Waals surface area (Å²) in [5.41, 5.74) is 2.63. The van der Waals surface area contributed by atoms with Gasteiger partial charge in [-0.2, -0.15) is 0 Å². The van der Waals surface area contributed by atoms with E-state index in [0.717, 1.165) is 44.1 Å². The second-order valence-electron chi connectivity index (χ2n) is 12.4. The molecule has 0 bridgehead atoms. The molecule has 2 N–H and O–H groups in total. The monoisotopic (exact) mass is 550 g/mol. The second-order valence-corrected chi connectivity index (χ2v) is 12.4. The van der Waals surface area contributed by atoms with Crippen LogP contribution in [0.4, 0.5) is 10.1 Å². The SMILES string of the molecule is Cc1ccc(CNCC(O)CN2CN(c3ccc(F)cc3)C3(CCN(CC4CCCCCCC4)CC3)C2=O)cc1. The lowest BCUT2D eigenvalue weighted by atomic mass is 9.84. The lowest BCUT2D eigenvalue weighted by Crippen LogP contribution is -2.57. The number of piperidine rings is 1. The average Bonchev–Trinajstić information content (AvgIpc) is 3.19. The molecule has 1 amide bonds. The molecule has 2 heterocycles. The van der Waals surface area contributed by atoms with Crippen LogP contribution in [0, 0.1) is 18.7 Å². The molecule has 7 heteroatoms. The maximum Gasteiger partial charge on any atom is 0.250 e. The van der Waals surface area contributed by atoms with Crippen molar-refractivity contribution < 1.29 is 14.3 Å². The smallest absolute Gasteiger partial charge is 0.250 e. The molecule has 1 unspecified atom stereocenters. The van der Waals surface area contributed by atoms with Crippen molar-refractivity contribution in [3.8, 4) is 0 Å². The number of carbonyl (C=O) groups excluding carboxylic acids is 1. The lowest BCUT2D eigenvalue weighted by Gasteiger charge is -2.44. The van der Waals surface area contributed by atoms with Crippen molar-refractivity contribution in [3.05, 3.63) is 65.5 Å². The third-order valence-electron chi connectivity index (χ3n) is 9.34. The van der Waals surface area contributed by atoms with Gasteiger partial charge in [0.15, 0.2) is 0 Å². The van der Waals surface area contributed by atoms with Crippen LogP contribution in [0.2, 0.25) is 0 Å². The highest BCUT2D eigenvalue weighted by molar-refractivity contribution is 5.93. The summed E-state index contributed by atoms with van der Waals surface area (Å²) in [7, 11) is 0. The fourth-order valence-corrected chi connectivity index (χ4v) is 6.96. The van der Waals surface area contributed by atoms with Gasteiger partial charge in [0, 0.05) is 45.0 Å². The van der Waals surface area contributed by atoms with E-state index in [2.05, 4.69) is 46.3 Å². The molecule has 1 aliphatic carbocycles. The van der Waals surface area contributed by atoms with Crippen molar-refractivity contribution in [2.45, 2.75) is 82.9 Å². The number of amides is 1. The Balaban J connectivity index is 1.21. The number of halogens is 1. The topological polar surface area (TPSA) is 59.1 Å². The minimum absolute atomic E-state index is 0.0972. The summed E-state index contributed by atoms with van der Waals surface area (Å²) in [5, 5.41) is 14.2. The minimum atomic E-state index is -0.668. The molecule has 2 saturated heterocycles. The molecule has 218 valence electrons. The molecule has 6 nitrogen and oxygen atoms in total. The number of nitrogens with zero attached hydrogens (tertiary/aromatic N) is 3. The van der Waals surface area contributed by atoms with Crippen LogP contribution >= 0.6 is 0 Å². The van der Waals surface area contributed by atoms with Crippen molar-refractivity contribution in [1.82, 2.24) is 15.1 Å². The van der Waals surface area contributed by atoms with Crippen molar-refractivity contribution >= 4 is 11.6 Å². The van der Waals surface area contributed by atoms with Crippen LogP contribution < -0.4 is 10.2 Å². The zero-order chi connectivity index (χ0) is 28.0. The predicted octanol–water partition coefficient (Wildman–Crippen LogP) is 5.09. The largest absolute Gasteiger partial charge is 0.390 e. The molecule has 5 rings (SSSR count). The second kappa shape index (κ2) is 13.5. The Bertz CT molecular complexity index is 1080. The Morgan fingerprint density at radius 1 is 0.975 bits per heavy atom. The third kappa shape index (κ3) is 7.04. The molecule has 0 aromatic heterocycles. The van der Waals surface area contributed by atoms with E-state index in [1.54, 1.807) is 12.1 Å². The van der Waals surface area contributed by atoms with E-state index >= 15 is 0 Å². The first-order valence-corrected chi connectivity index (χ1v) is 15.4. The van der Waals surface area contributed by atoms with Crippen molar-refractivity contribution in [2.75, 3.05) is 44.3 Å². The normalized spacial score (nSPS) is 21.5. The summed E-state index contributed by atoms with van der Waals surface area (Å²) < 4.78 is 13.8. The number of β-amino-alcohol motifs (C(OH)–C–C–N with tert-alkyl or cyclic N) is 1. The van der Waals surface area contributed by atoms with Gasteiger partial charge < -0.3 is 25.1 Å². The highest BCUT2D eigenvalue weighted by Gasteiger charge is 2.53. The van der Waals surface area contributed by atoms with Crippen LogP contribution in [0.15, 0.2) is 48.5 Å². The standard InChI is InChI=1S/C33H47FN4O2/c1-26-9-11-27(12-10-26)21-35-22-31(39)24-37-25-38(30-15-13-29(34)14-16-30)33(32(37)40)17-19-36(20-18-33)23-28-7-5-3-2-4-6-8-28/h9-16,28,31,35,39H,2-8,17-25H2,1H3. The molecule has 3 aliphatic rings. The van der Waals surface area contributed by atoms with Crippen molar-refractivity contribution in [2.24, 2.45) is 5.92 Å². The number of benzene rings is 2. The van der Waals surface area contributed by atoms with Gasteiger partial charge in [-0.1, -0.05) is 61.9 Å². The van der Waals surface area contributed by atoms with Gasteiger partial charge in [-0.05, 0) is 68.4 Å². The van der Waals surface area contributed by atoms with E-state index in [9.17, 15) is 14.3 Å². The number of hydrogen-bond acceptors (Lipinski definition) is 5. The zero-order valence-electron chi connectivity index (χ0n) is 24.2. The number of aryl methyl sites for hydroxylation is 1. The Kier molecular flexibility index (Phi) is 9.76. The molecule has 1 spiro atoms. The number of aliphatic hydroxyl groups excluding tert-OH is 1.